The number of nitrogens with zero attached hydrogens (tertiary/aromatic N) is 1. The summed E-state index contributed by atoms with van der Waals surface area (Å²) in [5.74, 6) is -1.82. The highest BCUT2D eigenvalue weighted by atomic mass is 35.5. The summed E-state index contributed by atoms with van der Waals surface area (Å²) in [7, 11) is 0. The molecule has 0 fully saturated rings. The van der Waals surface area contributed by atoms with Crippen LogP contribution in [0.2, 0.25) is 5.02 Å². The highest BCUT2D eigenvalue weighted by Crippen LogP contribution is 2.23. The molecule has 104 valence electrons. The molecule has 1 aromatic carbocycles. The Balaban J connectivity index is 2.07. The van der Waals surface area contributed by atoms with E-state index in [1.165, 1.54) is 6.07 Å². The molecule has 6 nitrogen and oxygen atoms in total. The number of hydrogen-bond donors (Lipinski definition) is 1. The first-order valence-electron chi connectivity index (χ1n) is 5.81. The lowest BCUT2D eigenvalue weighted by atomic mass is 10.1. The smallest absolute Gasteiger partial charge is 0.397 e. The standard InChI is InChI=1S/C13H11ClN2O4/c1-2-19-13(18)12(17)15-11-7-10(16-20-11)8-3-5-9(14)6-4-8/h3-7H,2H2,1H3,(H,15,17). The van der Waals surface area contributed by atoms with Gasteiger partial charge in [0.05, 0.1) is 6.61 Å². The van der Waals surface area contributed by atoms with Gasteiger partial charge in [-0.2, -0.15) is 0 Å². The van der Waals surface area contributed by atoms with Crippen molar-refractivity contribution in [1.29, 1.82) is 0 Å². The lowest BCUT2D eigenvalue weighted by Crippen LogP contribution is -2.24. The maximum absolute atomic E-state index is 11.4. The van der Waals surface area contributed by atoms with Crippen molar-refractivity contribution in [2.75, 3.05) is 11.9 Å². The van der Waals surface area contributed by atoms with Crippen molar-refractivity contribution in [3.8, 4) is 11.3 Å². The molecule has 0 saturated carbocycles. The first kappa shape index (κ1) is 14.1. The molecule has 2 rings (SSSR count). The number of carbonyl (C=O) groups is 2. The monoisotopic (exact) mass is 294 g/mol. The topological polar surface area (TPSA) is 81.4 Å². The van der Waals surface area contributed by atoms with Crippen LogP contribution in [0.5, 0.6) is 0 Å². The van der Waals surface area contributed by atoms with E-state index in [0.29, 0.717) is 10.7 Å². The summed E-state index contributed by atoms with van der Waals surface area (Å²) in [5.41, 5.74) is 1.29. The van der Waals surface area contributed by atoms with Crippen molar-refractivity contribution in [1.82, 2.24) is 5.16 Å². The summed E-state index contributed by atoms with van der Waals surface area (Å²) in [5, 5.41) is 6.65. The predicted octanol–water partition coefficient (Wildman–Crippen LogP) is 2.50. The zero-order valence-corrected chi connectivity index (χ0v) is 11.3. The lowest BCUT2D eigenvalue weighted by molar-refractivity contribution is -0.152. The van der Waals surface area contributed by atoms with Gasteiger partial charge < -0.3 is 9.26 Å². The molecule has 2 aromatic rings. The molecule has 1 N–H and O–H groups in total. The average Bonchev–Trinajstić information content (AvgIpc) is 2.88. The zero-order chi connectivity index (χ0) is 14.5. The van der Waals surface area contributed by atoms with E-state index < -0.39 is 11.9 Å². The van der Waals surface area contributed by atoms with Crippen LogP contribution in [-0.4, -0.2) is 23.6 Å². The average molecular weight is 295 g/mol. The van der Waals surface area contributed by atoms with Crippen LogP contribution < -0.4 is 5.32 Å². The van der Waals surface area contributed by atoms with Gasteiger partial charge in [0.1, 0.15) is 5.69 Å². The van der Waals surface area contributed by atoms with Crippen molar-refractivity contribution >= 4 is 29.4 Å². The van der Waals surface area contributed by atoms with Crippen molar-refractivity contribution in [3.05, 3.63) is 35.4 Å². The quantitative estimate of drug-likeness (QED) is 0.695. The second-order valence-electron chi connectivity index (χ2n) is 3.76. The lowest BCUT2D eigenvalue weighted by Gasteiger charge is -1.99. The van der Waals surface area contributed by atoms with Crippen LogP contribution in [0.4, 0.5) is 5.88 Å². The molecule has 0 aliphatic rings. The number of esters is 1. The maximum Gasteiger partial charge on any atom is 0.397 e. The molecule has 0 bridgehead atoms. The van der Waals surface area contributed by atoms with E-state index in [1.54, 1.807) is 31.2 Å². The second kappa shape index (κ2) is 6.21. The van der Waals surface area contributed by atoms with Gasteiger partial charge in [-0.25, -0.2) is 4.79 Å². The molecule has 0 saturated heterocycles. The third-order valence-corrected chi connectivity index (χ3v) is 2.60. The molecule has 0 aliphatic carbocycles. The molecule has 0 spiro atoms. The van der Waals surface area contributed by atoms with Crippen LogP contribution in [0, 0.1) is 0 Å². The first-order chi connectivity index (χ1) is 9.60. The zero-order valence-electron chi connectivity index (χ0n) is 10.6. The Morgan fingerprint density at radius 2 is 2.05 bits per heavy atom. The van der Waals surface area contributed by atoms with Gasteiger partial charge in [-0.1, -0.05) is 28.9 Å². The minimum absolute atomic E-state index is 0.0630. The number of anilines is 1. The number of amides is 1. The number of aromatic nitrogens is 1. The molecular weight excluding hydrogens is 284 g/mol. The van der Waals surface area contributed by atoms with E-state index in [9.17, 15) is 9.59 Å². The summed E-state index contributed by atoms with van der Waals surface area (Å²) < 4.78 is 9.48. The van der Waals surface area contributed by atoms with Crippen molar-refractivity contribution in [2.45, 2.75) is 6.92 Å². The van der Waals surface area contributed by atoms with Crippen molar-refractivity contribution in [2.24, 2.45) is 0 Å². The molecule has 0 aliphatic heterocycles. The normalized spacial score (nSPS) is 10.1. The van der Waals surface area contributed by atoms with E-state index in [4.69, 9.17) is 16.1 Å². The Hall–Kier alpha value is -2.34. The van der Waals surface area contributed by atoms with Gasteiger partial charge >= 0.3 is 11.9 Å². The fourth-order valence-electron chi connectivity index (χ4n) is 1.45. The van der Waals surface area contributed by atoms with E-state index in [2.05, 4.69) is 15.2 Å². The second-order valence-corrected chi connectivity index (χ2v) is 4.19. The molecular formula is C13H11ClN2O4. The largest absolute Gasteiger partial charge is 0.459 e. The van der Waals surface area contributed by atoms with Crippen LogP contribution in [0.25, 0.3) is 11.3 Å². The Morgan fingerprint density at radius 1 is 1.35 bits per heavy atom. The maximum atomic E-state index is 11.4. The fourth-order valence-corrected chi connectivity index (χ4v) is 1.58. The molecule has 1 heterocycles. The van der Waals surface area contributed by atoms with Gasteiger partial charge in [0.15, 0.2) is 0 Å². The Bertz CT molecular complexity index is 622. The number of halogens is 1. The van der Waals surface area contributed by atoms with E-state index in [1.807, 2.05) is 0 Å². The van der Waals surface area contributed by atoms with Crippen molar-refractivity contribution < 1.29 is 18.8 Å². The van der Waals surface area contributed by atoms with Gasteiger partial charge in [-0.05, 0) is 19.1 Å². The van der Waals surface area contributed by atoms with E-state index >= 15 is 0 Å². The SMILES string of the molecule is CCOC(=O)C(=O)Nc1cc(-c2ccc(Cl)cc2)no1. The highest BCUT2D eigenvalue weighted by Gasteiger charge is 2.17. The number of rotatable bonds is 3. The van der Waals surface area contributed by atoms with Crippen LogP contribution in [0.15, 0.2) is 34.9 Å². The number of hydrogen-bond acceptors (Lipinski definition) is 5. The molecule has 1 amide bonds. The minimum atomic E-state index is -0.975. The minimum Gasteiger partial charge on any atom is -0.459 e. The molecule has 0 radical (unpaired) electrons. The third-order valence-electron chi connectivity index (χ3n) is 2.35. The predicted molar refractivity (Wildman–Crippen MR) is 72.2 cm³/mol. The summed E-state index contributed by atoms with van der Waals surface area (Å²) >= 11 is 5.79. The van der Waals surface area contributed by atoms with E-state index in [0.717, 1.165) is 5.56 Å². The van der Waals surface area contributed by atoms with Gasteiger partial charge in [0.25, 0.3) is 0 Å². The Labute approximate surface area is 119 Å². The molecule has 0 unspecified atom stereocenters. The molecule has 1 aromatic heterocycles. The van der Waals surface area contributed by atoms with Gasteiger partial charge in [-0.15, -0.1) is 0 Å². The Morgan fingerprint density at radius 3 is 2.70 bits per heavy atom. The molecule has 0 atom stereocenters. The summed E-state index contributed by atoms with van der Waals surface area (Å²) in [4.78, 5) is 22.6. The summed E-state index contributed by atoms with van der Waals surface area (Å²) in [6.45, 7) is 1.73. The molecule has 20 heavy (non-hydrogen) atoms. The molecule has 7 heteroatoms. The van der Waals surface area contributed by atoms with Crippen molar-refractivity contribution in [3.63, 3.8) is 0 Å². The van der Waals surface area contributed by atoms with Crippen LogP contribution >= 0.6 is 11.6 Å². The van der Waals surface area contributed by atoms with Gasteiger partial charge in [-0.3, -0.25) is 10.1 Å². The van der Waals surface area contributed by atoms with Crippen LogP contribution in [-0.2, 0) is 14.3 Å². The third kappa shape index (κ3) is 3.36. The Kier molecular flexibility index (Phi) is 4.37. The fraction of sp³-hybridized carbons (Fsp3) is 0.154. The number of ether oxygens (including phenoxy) is 1. The van der Waals surface area contributed by atoms with Gasteiger partial charge in [0.2, 0.25) is 5.88 Å². The van der Waals surface area contributed by atoms with E-state index in [-0.39, 0.29) is 12.5 Å². The summed E-state index contributed by atoms with van der Waals surface area (Å²) in [6.07, 6.45) is 0. The number of benzene rings is 1. The van der Waals surface area contributed by atoms with Crippen LogP contribution in [0.3, 0.4) is 0 Å². The van der Waals surface area contributed by atoms with Crippen LogP contribution in [0.1, 0.15) is 6.92 Å². The number of nitrogens with one attached hydrogen (secondary N) is 1. The summed E-state index contributed by atoms with van der Waals surface area (Å²) in [6, 6.07) is 8.44. The highest BCUT2D eigenvalue weighted by molar-refractivity contribution is 6.37. The number of carbonyl (C=O) groups excluding carboxylic acids is 2. The van der Waals surface area contributed by atoms with Gasteiger partial charge in [0, 0.05) is 16.7 Å². The first-order valence-corrected chi connectivity index (χ1v) is 6.18.